The van der Waals surface area contributed by atoms with Crippen LogP contribution in [0, 0.1) is 0 Å². The maximum absolute atomic E-state index is 11.8. The average molecular weight is 266 g/mol. The van der Waals surface area contributed by atoms with Crippen molar-refractivity contribution in [2.45, 2.75) is 26.0 Å². The fraction of sp³-hybridized carbons (Fsp3) is 0.500. The number of hydrogen-bond acceptors (Lipinski definition) is 4. The van der Waals surface area contributed by atoms with E-state index in [-0.39, 0.29) is 5.91 Å². The van der Waals surface area contributed by atoms with Gasteiger partial charge in [-0.05, 0) is 31.5 Å². The molecule has 0 unspecified atom stereocenters. The summed E-state index contributed by atoms with van der Waals surface area (Å²) >= 11 is 0. The van der Waals surface area contributed by atoms with Gasteiger partial charge in [-0.2, -0.15) is 0 Å². The number of carbonyl (C=O) groups excluding carboxylic acids is 1. The van der Waals surface area contributed by atoms with Gasteiger partial charge in [-0.25, -0.2) is 0 Å². The topological polar surface area (TPSA) is 73.6 Å². The predicted octanol–water partition coefficient (Wildman–Crippen LogP) is 1.53. The highest BCUT2D eigenvalue weighted by Crippen LogP contribution is 2.13. The van der Waals surface area contributed by atoms with Crippen LogP contribution in [-0.2, 0) is 20.9 Å². The first kappa shape index (κ1) is 15.6. The Kier molecular flexibility index (Phi) is 5.95. The number of nitrogens with two attached hydrogens (primary N) is 1. The van der Waals surface area contributed by atoms with E-state index in [9.17, 15) is 4.79 Å². The number of anilines is 1. The Hall–Kier alpha value is -1.43. The van der Waals surface area contributed by atoms with E-state index in [4.69, 9.17) is 15.2 Å². The first-order valence-electron chi connectivity index (χ1n) is 6.19. The molecular formula is C14H22N2O3. The lowest BCUT2D eigenvalue weighted by molar-refractivity contribution is -0.120. The lowest BCUT2D eigenvalue weighted by Gasteiger charge is -2.18. The molecule has 19 heavy (non-hydrogen) atoms. The second-order valence-electron chi connectivity index (χ2n) is 4.92. The largest absolute Gasteiger partial charge is 0.382 e. The molecule has 0 atom stereocenters. The number of carbonyl (C=O) groups is 1. The van der Waals surface area contributed by atoms with Crippen molar-refractivity contribution in [3.05, 3.63) is 29.8 Å². The van der Waals surface area contributed by atoms with E-state index in [0.29, 0.717) is 19.8 Å². The third-order valence-electron chi connectivity index (χ3n) is 2.47. The van der Waals surface area contributed by atoms with Crippen LogP contribution in [0.4, 0.5) is 5.69 Å². The first-order valence-corrected chi connectivity index (χ1v) is 6.19. The van der Waals surface area contributed by atoms with Crippen LogP contribution in [0.3, 0.4) is 0 Å². The normalized spacial score (nSPS) is 11.4. The summed E-state index contributed by atoms with van der Waals surface area (Å²) in [5, 5.41) is 2.78. The quantitative estimate of drug-likeness (QED) is 0.734. The maximum atomic E-state index is 11.8. The van der Waals surface area contributed by atoms with Crippen LogP contribution in [0.1, 0.15) is 19.4 Å². The summed E-state index contributed by atoms with van der Waals surface area (Å²) in [5.74, 6) is -0.218. The number of rotatable bonds is 7. The Labute approximate surface area is 114 Å². The first-order chi connectivity index (χ1) is 8.93. The number of benzene rings is 1. The Morgan fingerprint density at radius 1 is 1.37 bits per heavy atom. The van der Waals surface area contributed by atoms with Crippen LogP contribution in [0.2, 0.25) is 0 Å². The summed E-state index contributed by atoms with van der Waals surface area (Å²) < 4.78 is 10.3. The lowest BCUT2D eigenvalue weighted by Crippen LogP contribution is -2.45. The molecule has 1 amide bonds. The zero-order valence-corrected chi connectivity index (χ0v) is 11.7. The van der Waals surface area contributed by atoms with E-state index >= 15 is 0 Å². The van der Waals surface area contributed by atoms with E-state index < -0.39 is 5.54 Å². The van der Waals surface area contributed by atoms with Gasteiger partial charge in [-0.3, -0.25) is 4.79 Å². The molecule has 0 radical (unpaired) electrons. The summed E-state index contributed by atoms with van der Waals surface area (Å²) in [6, 6.07) is 7.50. The van der Waals surface area contributed by atoms with E-state index in [1.165, 1.54) is 0 Å². The fourth-order valence-electron chi connectivity index (χ4n) is 1.36. The van der Waals surface area contributed by atoms with Crippen molar-refractivity contribution < 1.29 is 14.3 Å². The van der Waals surface area contributed by atoms with E-state index in [1.807, 2.05) is 24.3 Å². The second-order valence-corrected chi connectivity index (χ2v) is 4.92. The standard InChI is InChI=1S/C14H22N2O3/c1-14(2,15)13(17)16-12-6-4-5-11(9-12)10-19-8-7-18-3/h4-6,9H,7-8,10,15H2,1-3H3,(H,16,17). The summed E-state index contributed by atoms with van der Waals surface area (Å²) in [5.41, 5.74) is 6.54. The summed E-state index contributed by atoms with van der Waals surface area (Å²) in [6.45, 7) is 4.93. The van der Waals surface area contributed by atoms with Crippen molar-refractivity contribution in [2.24, 2.45) is 5.73 Å². The van der Waals surface area contributed by atoms with E-state index in [2.05, 4.69) is 5.32 Å². The van der Waals surface area contributed by atoms with Crippen molar-refractivity contribution in [3.63, 3.8) is 0 Å². The van der Waals surface area contributed by atoms with Gasteiger partial charge < -0.3 is 20.5 Å². The molecule has 0 spiro atoms. The van der Waals surface area contributed by atoms with Crippen LogP contribution in [0.25, 0.3) is 0 Å². The van der Waals surface area contributed by atoms with Gasteiger partial charge in [0.1, 0.15) is 0 Å². The second kappa shape index (κ2) is 7.23. The van der Waals surface area contributed by atoms with E-state index in [1.54, 1.807) is 21.0 Å². The van der Waals surface area contributed by atoms with Crippen LogP contribution < -0.4 is 11.1 Å². The van der Waals surface area contributed by atoms with E-state index in [0.717, 1.165) is 11.3 Å². The molecule has 5 nitrogen and oxygen atoms in total. The van der Waals surface area contributed by atoms with Crippen LogP contribution >= 0.6 is 0 Å². The highest BCUT2D eigenvalue weighted by molar-refractivity contribution is 5.97. The molecule has 0 aliphatic carbocycles. The number of amides is 1. The fourth-order valence-corrected chi connectivity index (χ4v) is 1.36. The summed E-state index contributed by atoms with van der Waals surface area (Å²) in [6.07, 6.45) is 0. The Bertz CT molecular complexity index is 413. The SMILES string of the molecule is COCCOCc1cccc(NC(=O)C(C)(C)N)c1. The van der Waals surface area contributed by atoms with Gasteiger partial charge in [0, 0.05) is 12.8 Å². The molecule has 1 rings (SSSR count). The molecule has 0 aromatic heterocycles. The summed E-state index contributed by atoms with van der Waals surface area (Å²) in [7, 11) is 1.63. The van der Waals surface area contributed by atoms with Gasteiger partial charge in [0.25, 0.3) is 0 Å². The summed E-state index contributed by atoms with van der Waals surface area (Å²) in [4.78, 5) is 11.8. The molecule has 0 saturated heterocycles. The van der Waals surface area contributed by atoms with Crippen molar-refractivity contribution >= 4 is 11.6 Å². The van der Waals surface area contributed by atoms with Gasteiger partial charge in [0.15, 0.2) is 0 Å². The number of methoxy groups -OCH3 is 1. The molecule has 0 fully saturated rings. The Morgan fingerprint density at radius 3 is 2.74 bits per heavy atom. The smallest absolute Gasteiger partial charge is 0.243 e. The molecule has 0 aliphatic heterocycles. The average Bonchev–Trinajstić information content (AvgIpc) is 2.34. The monoisotopic (exact) mass is 266 g/mol. The van der Waals surface area contributed by atoms with Gasteiger partial charge >= 0.3 is 0 Å². The molecule has 5 heteroatoms. The van der Waals surface area contributed by atoms with Crippen LogP contribution in [0.15, 0.2) is 24.3 Å². The molecule has 106 valence electrons. The molecule has 0 aliphatic rings. The lowest BCUT2D eigenvalue weighted by atomic mass is 10.1. The molecular weight excluding hydrogens is 244 g/mol. The maximum Gasteiger partial charge on any atom is 0.243 e. The van der Waals surface area contributed by atoms with Crippen molar-refractivity contribution in [3.8, 4) is 0 Å². The minimum absolute atomic E-state index is 0.218. The number of ether oxygens (including phenoxy) is 2. The van der Waals surface area contributed by atoms with Gasteiger partial charge in [-0.1, -0.05) is 12.1 Å². The molecule has 0 heterocycles. The minimum Gasteiger partial charge on any atom is -0.382 e. The van der Waals surface area contributed by atoms with Crippen LogP contribution in [0.5, 0.6) is 0 Å². The highest BCUT2D eigenvalue weighted by Gasteiger charge is 2.21. The van der Waals surface area contributed by atoms with Crippen molar-refractivity contribution in [2.75, 3.05) is 25.6 Å². The Morgan fingerprint density at radius 2 is 2.11 bits per heavy atom. The zero-order chi connectivity index (χ0) is 14.3. The molecule has 3 N–H and O–H groups in total. The molecule has 1 aromatic carbocycles. The molecule has 1 aromatic rings. The van der Waals surface area contributed by atoms with Crippen molar-refractivity contribution in [1.29, 1.82) is 0 Å². The molecule has 0 saturated carbocycles. The number of hydrogen-bond donors (Lipinski definition) is 2. The predicted molar refractivity (Wildman–Crippen MR) is 74.9 cm³/mol. The third-order valence-corrected chi connectivity index (χ3v) is 2.47. The van der Waals surface area contributed by atoms with Gasteiger partial charge in [-0.15, -0.1) is 0 Å². The van der Waals surface area contributed by atoms with Crippen molar-refractivity contribution in [1.82, 2.24) is 0 Å². The highest BCUT2D eigenvalue weighted by atomic mass is 16.5. The Balaban J connectivity index is 2.55. The van der Waals surface area contributed by atoms with Gasteiger partial charge in [0.2, 0.25) is 5.91 Å². The van der Waals surface area contributed by atoms with Crippen LogP contribution in [-0.4, -0.2) is 31.8 Å². The zero-order valence-electron chi connectivity index (χ0n) is 11.7. The molecule has 0 bridgehead atoms. The van der Waals surface area contributed by atoms with Gasteiger partial charge in [0.05, 0.1) is 25.4 Å². The third kappa shape index (κ3) is 5.83. The number of nitrogens with one attached hydrogen (secondary N) is 1. The minimum atomic E-state index is -0.898.